The smallest absolute Gasteiger partial charge is 0.296 e. The largest absolute Gasteiger partial charge is 0.451 e. The fraction of sp³-hybridized carbons (Fsp3) is 0.364. The molecule has 28 heavy (non-hydrogen) atoms. The number of benzene rings is 2. The Kier molecular flexibility index (Phi) is 4.16. The summed E-state index contributed by atoms with van der Waals surface area (Å²) in [5, 5.41) is 0. The maximum Gasteiger partial charge on any atom is 0.296 e. The minimum absolute atomic E-state index is 0.232. The Hall–Kier alpha value is -2.73. The predicted octanol–water partition coefficient (Wildman–Crippen LogP) is 3.17. The first-order valence-electron chi connectivity index (χ1n) is 9.64. The Morgan fingerprint density at radius 2 is 1.93 bits per heavy atom. The van der Waals surface area contributed by atoms with Crippen LogP contribution in [-0.2, 0) is 32.9 Å². The first kappa shape index (κ1) is 17.4. The standard InChI is InChI=1S/C22H21FN2O3/c23-17-7-6-16-14-27-22(18(16)13-17)8-10-25(11-9-22)21-24-20(26)19(28-21)12-15-4-2-1-3-5-15/h1-7,13,19H,8-12,14H2. The van der Waals surface area contributed by atoms with Crippen LogP contribution >= 0.6 is 0 Å². The third-order valence-electron chi connectivity index (χ3n) is 5.90. The molecule has 144 valence electrons. The van der Waals surface area contributed by atoms with Crippen molar-refractivity contribution in [2.24, 2.45) is 4.99 Å². The molecule has 1 fully saturated rings. The van der Waals surface area contributed by atoms with Crippen LogP contribution in [0.5, 0.6) is 0 Å². The van der Waals surface area contributed by atoms with Crippen molar-refractivity contribution in [3.8, 4) is 0 Å². The molecule has 6 heteroatoms. The van der Waals surface area contributed by atoms with Gasteiger partial charge in [-0.25, -0.2) is 4.39 Å². The fourth-order valence-corrected chi connectivity index (χ4v) is 4.34. The van der Waals surface area contributed by atoms with Crippen LogP contribution in [0.2, 0.25) is 0 Å². The third-order valence-corrected chi connectivity index (χ3v) is 5.90. The number of fused-ring (bicyclic) bond motifs is 2. The number of ether oxygens (including phenoxy) is 2. The Morgan fingerprint density at radius 3 is 2.71 bits per heavy atom. The van der Waals surface area contributed by atoms with E-state index in [1.54, 1.807) is 6.07 Å². The van der Waals surface area contributed by atoms with E-state index in [1.165, 1.54) is 6.07 Å². The Labute approximate surface area is 162 Å². The number of piperidine rings is 1. The van der Waals surface area contributed by atoms with Crippen molar-refractivity contribution in [3.63, 3.8) is 0 Å². The number of halogens is 1. The van der Waals surface area contributed by atoms with E-state index in [4.69, 9.17) is 9.47 Å². The Morgan fingerprint density at radius 1 is 1.14 bits per heavy atom. The summed E-state index contributed by atoms with van der Waals surface area (Å²) in [7, 11) is 0. The minimum atomic E-state index is -0.564. The molecule has 0 saturated carbocycles. The van der Waals surface area contributed by atoms with Crippen molar-refractivity contribution < 1.29 is 18.7 Å². The van der Waals surface area contributed by atoms with Gasteiger partial charge in [0, 0.05) is 19.5 Å². The Balaban J connectivity index is 1.25. The van der Waals surface area contributed by atoms with Crippen LogP contribution in [0, 0.1) is 5.82 Å². The first-order valence-corrected chi connectivity index (χ1v) is 9.64. The number of hydrogen-bond donors (Lipinski definition) is 0. The summed E-state index contributed by atoms with van der Waals surface area (Å²) in [6, 6.07) is 15.1. The van der Waals surface area contributed by atoms with Crippen LogP contribution in [0.4, 0.5) is 4.39 Å². The molecule has 0 bridgehead atoms. The average Bonchev–Trinajstić information content (AvgIpc) is 3.24. The second kappa shape index (κ2) is 6.71. The van der Waals surface area contributed by atoms with Crippen molar-refractivity contribution >= 4 is 11.9 Å². The van der Waals surface area contributed by atoms with Crippen LogP contribution < -0.4 is 0 Å². The summed E-state index contributed by atoms with van der Waals surface area (Å²) in [6.07, 6.45) is 1.37. The molecule has 1 unspecified atom stereocenters. The molecule has 0 aliphatic carbocycles. The number of amides is 1. The van der Waals surface area contributed by atoms with Crippen molar-refractivity contribution in [3.05, 3.63) is 71.0 Å². The molecule has 5 nitrogen and oxygen atoms in total. The quantitative estimate of drug-likeness (QED) is 0.803. The monoisotopic (exact) mass is 380 g/mol. The fourth-order valence-electron chi connectivity index (χ4n) is 4.34. The zero-order valence-electron chi connectivity index (χ0n) is 15.4. The molecule has 5 rings (SSSR count). The van der Waals surface area contributed by atoms with Crippen LogP contribution in [0.1, 0.15) is 29.5 Å². The van der Waals surface area contributed by atoms with Gasteiger partial charge in [-0.15, -0.1) is 0 Å². The molecular weight excluding hydrogens is 359 g/mol. The zero-order chi connectivity index (χ0) is 19.1. The van der Waals surface area contributed by atoms with E-state index < -0.39 is 11.7 Å². The van der Waals surface area contributed by atoms with Gasteiger partial charge < -0.3 is 14.4 Å². The number of carbonyl (C=O) groups is 1. The molecule has 1 saturated heterocycles. The SMILES string of the molecule is O=C1N=C(N2CCC3(CC2)OCc2ccc(F)cc23)OC1Cc1ccccc1. The Bertz CT molecular complexity index is 936. The van der Waals surface area contributed by atoms with Crippen molar-refractivity contribution in [2.45, 2.75) is 37.6 Å². The van der Waals surface area contributed by atoms with Gasteiger partial charge in [0.1, 0.15) is 5.82 Å². The number of hydrogen-bond acceptors (Lipinski definition) is 4. The first-order chi connectivity index (χ1) is 13.6. The van der Waals surface area contributed by atoms with Crippen LogP contribution in [0.3, 0.4) is 0 Å². The molecule has 0 N–H and O–H groups in total. The van der Waals surface area contributed by atoms with Crippen molar-refractivity contribution in [1.82, 2.24) is 4.90 Å². The van der Waals surface area contributed by atoms with Crippen LogP contribution in [0.15, 0.2) is 53.5 Å². The summed E-state index contributed by atoms with van der Waals surface area (Å²) in [5.41, 5.74) is 2.62. The number of likely N-dealkylation sites (tertiary alicyclic amines) is 1. The molecular formula is C22H21FN2O3. The average molecular weight is 380 g/mol. The lowest BCUT2D eigenvalue weighted by Crippen LogP contribution is -2.45. The van der Waals surface area contributed by atoms with Crippen LogP contribution in [0.25, 0.3) is 0 Å². The number of aliphatic imine (C=N–C) groups is 1. The summed E-state index contributed by atoms with van der Waals surface area (Å²) in [5.74, 6) is -0.465. The molecule has 2 aromatic rings. The van der Waals surface area contributed by atoms with Gasteiger partial charge >= 0.3 is 0 Å². The normalized spacial score (nSPS) is 22.9. The maximum absolute atomic E-state index is 13.7. The molecule has 3 aliphatic heterocycles. The maximum atomic E-state index is 13.7. The number of amidine groups is 1. The summed E-state index contributed by atoms with van der Waals surface area (Å²) >= 11 is 0. The number of carbonyl (C=O) groups excluding carboxylic acids is 1. The number of rotatable bonds is 2. The van der Waals surface area contributed by atoms with Gasteiger partial charge in [-0.2, -0.15) is 4.99 Å². The zero-order valence-corrected chi connectivity index (χ0v) is 15.4. The second-order valence-electron chi connectivity index (χ2n) is 7.60. The summed E-state index contributed by atoms with van der Waals surface area (Å²) in [6.45, 7) is 1.82. The molecule has 3 heterocycles. The van der Waals surface area contributed by atoms with E-state index in [-0.39, 0.29) is 11.7 Å². The van der Waals surface area contributed by atoms with Gasteiger partial charge in [0.15, 0.2) is 6.10 Å². The lowest BCUT2D eigenvalue weighted by molar-refractivity contribution is -0.122. The lowest BCUT2D eigenvalue weighted by Gasteiger charge is -2.39. The van der Waals surface area contributed by atoms with Crippen molar-refractivity contribution in [1.29, 1.82) is 0 Å². The van der Waals surface area contributed by atoms with E-state index in [0.717, 1.165) is 16.7 Å². The van der Waals surface area contributed by atoms with Gasteiger partial charge in [0.25, 0.3) is 11.9 Å². The second-order valence-corrected chi connectivity index (χ2v) is 7.60. The molecule has 0 aromatic heterocycles. The highest BCUT2D eigenvalue weighted by atomic mass is 19.1. The molecule has 1 spiro atoms. The topological polar surface area (TPSA) is 51.1 Å². The van der Waals surface area contributed by atoms with E-state index in [2.05, 4.69) is 4.99 Å². The van der Waals surface area contributed by atoms with E-state index >= 15 is 0 Å². The van der Waals surface area contributed by atoms with Crippen molar-refractivity contribution in [2.75, 3.05) is 13.1 Å². The van der Waals surface area contributed by atoms with E-state index in [0.29, 0.717) is 45.0 Å². The van der Waals surface area contributed by atoms with Gasteiger partial charge in [-0.3, -0.25) is 4.79 Å². The summed E-state index contributed by atoms with van der Waals surface area (Å²) in [4.78, 5) is 18.4. The highest BCUT2D eigenvalue weighted by Crippen LogP contribution is 2.44. The van der Waals surface area contributed by atoms with Gasteiger partial charge in [-0.1, -0.05) is 36.4 Å². The van der Waals surface area contributed by atoms with Gasteiger partial charge in [0.2, 0.25) is 0 Å². The minimum Gasteiger partial charge on any atom is -0.451 e. The third kappa shape index (κ3) is 2.98. The highest BCUT2D eigenvalue weighted by Gasteiger charge is 2.44. The molecule has 1 atom stereocenters. The molecule has 0 radical (unpaired) electrons. The van der Waals surface area contributed by atoms with Gasteiger partial charge in [-0.05, 0) is 41.7 Å². The van der Waals surface area contributed by atoms with E-state index in [1.807, 2.05) is 41.3 Å². The lowest BCUT2D eigenvalue weighted by atomic mass is 9.84. The van der Waals surface area contributed by atoms with Gasteiger partial charge in [0.05, 0.1) is 12.2 Å². The molecule has 1 amide bonds. The van der Waals surface area contributed by atoms with Crippen LogP contribution in [-0.4, -0.2) is 36.0 Å². The summed E-state index contributed by atoms with van der Waals surface area (Å²) < 4.78 is 25.7. The number of nitrogens with zero attached hydrogens (tertiary/aromatic N) is 2. The highest BCUT2D eigenvalue weighted by molar-refractivity contribution is 5.98. The molecule has 3 aliphatic rings. The predicted molar refractivity (Wildman–Crippen MR) is 101 cm³/mol. The van der Waals surface area contributed by atoms with E-state index in [9.17, 15) is 9.18 Å². The molecule has 2 aromatic carbocycles.